The third-order valence-corrected chi connectivity index (χ3v) is 1.32. The van der Waals surface area contributed by atoms with E-state index in [2.05, 4.69) is 23.5 Å². The van der Waals surface area contributed by atoms with Crippen LogP contribution in [0.5, 0.6) is 0 Å². The maximum Gasteiger partial charge on any atom is 0.405 e. The number of hydrogen-bond acceptors (Lipinski definition) is 2. The van der Waals surface area contributed by atoms with Crippen molar-refractivity contribution in [3.8, 4) is 11.8 Å². The molecule has 0 aromatic rings. The number of ether oxygens (including phenoxy) is 1. The highest BCUT2D eigenvalue weighted by atomic mass is 16.5. The molecule has 0 aliphatic heterocycles. The number of rotatable bonds is 4. The van der Waals surface area contributed by atoms with E-state index < -0.39 is 6.09 Å². The smallest absolute Gasteiger partial charge is 0.405 e. The third-order valence-electron chi connectivity index (χ3n) is 1.32. The first-order valence-corrected chi connectivity index (χ1v) is 4.15. The molecule has 0 saturated carbocycles. The molecule has 3 nitrogen and oxygen atoms in total. The average Bonchev–Trinajstić information content (AvgIpc) is 2.02. The van der Waals surface area contributed by atoms with Gasteiger partial charge in [-0.2, -0.15) is 0 Å². The largest absolute Gasteiger partial charge is 0.437 e. The molecule has 0 aliphatic carbocycles. The molecule has 0 unspecified atom stereocenters. The molecule has 2 N–H and O–H groups in total. The number of hydrogen-bond donors (Lipinski definition) is 1. The van der Waals surface area contributed by atoms with Crippen molar-refractivity contribution >= 4 is 6.09 Å². The van der Waals surface area contributed by atoms with Gasteiger partial charge in [0.15, 0.2) is 6.61 Å². The highest BCUT2D eigenvalue weighted by Crippen LogP contribution is 1.96. The van der Waals surface area contributed by atoms with Crippen LogP contribution in [0.2, 0.25) is 0 Å². The second-order valence-corrected chi connectivity index (χ2v) is 2.42. The van der Waals surface area contributed by atoms with Gasteiger partial charge >= 0.3 is 6.09 Å². The summed E-state index contributed by atoms with van der Waals surface area (Å²) >= 11 is 0. The van der Waals surface area contributed by atoms with Crippen molar-refractivity contribution in [1.29, 1.82) is 0 Å². The Kier molecular flexibility index (Phi) is 7.16. The van der Waals surface area contributed by atoms with Crippen LogP contribution in [-0.4, -0.2) is 12.7 Å². The van der Waals surface area contributed by atoms with Crippen LogP contribution in [0.3, 0.4) is 0 Å². The normalized spacial score (nSPS) is 8.42. The van der Waals surface area contributed by atoms with E-state index in [0.29, 0.717) is 0 Å². The Balaban J connectivity index is 3.17. The fraction of sp³-hybridized carbons (Fsp3) is 0.667. The van der Waals surface area contributed by atoms with Crippen LogP contribution >= 0.6 is 0 Å². The van der Waals surface area contributed by atoms with Gasteiger partial charge in [0, 0.05) is 6.42 Å². The van der Waals surface area contributed by atoms with E-state index >= 15 is 0 Å². The number of unbranched alkanes of at least 4 members (excludes halogenated alkanes) is 3. The van der Waals surface area contributed by atoms with E-state index in [1.54, 1.807) is 0 Å². The summed E-state index contributed by atoms with van der Waals surface area (Å²) in [5, 5.41) is 0. The second-order valence-electron chi connectivity index (χ2n) is 2.42. The predicted molar refractivity (Wildman–Crippen MR) is 47.5 cm³/mol. The molecule has 3 heteroatoms. The second kappa shape index (κ2) is 7.93. The summed E-state index contributed by atoms with van der Waals surface area (Å²) in [6, 6.07) is 0. The summed E-state index contributed by atoms with van der Waals surface area (Å²) < 4.78 is 4.41. The molecule has 0 spiro atoms. The Morgan fingerprint density at radius 3 is 2.75 bits per heavy atom. The molecule has 12 heavy (non-hydrogen) atoms. The molecule has 0 saturated heterocycles. The van der Waals surface area contributed by atoms with Gasteiger partial charge in [-0.05, 0) is 6.42 Å². The minimum absolute atomic E-state index is 0.113. The van der Waals surface area contributed by atoms with Crippen molar-refractivity contribution in [3.63, 3.8) is 0 Å². The Labute approximate surface area is 73.3 Å². The van der Waals surface area contributed by atoms with Crippen LogP contribution in [0, 0.1) is 11.8 Å². The van der Waals surface area contributed by atoms with Crippen LogP contribution in [-0.2, 0) is 4.74 Å². The quantitative estimate of drug-likeness (QED) is 0.514. The van der Waals surface area contributed by atoms with Crippen molar-refractivity contribution in [2.24, 2.45) is 5.73 Å². The molecule has 0 bridgehead atoms. The minimum Gasteiger partial charge on any atom is -0.437 e. The molecular weight excluding hydrogens is 154 g/mol. The van der Waals surface area contributed by atoms with E-state index in [1.165, 1.54) is 12.8 Å². The zero-order valence-electron chi connectivity index (χ0n) is 7.43. The van der Waals surface area contributed by atoms with Crippen LogP contribution in [0.4, 0.5) is 4.79 Å². The summed E-state index contributed by atoms with van der Waals surface area (Å²) in [7, 11) is 0. The van der Waals surface area contributed by atoms with Gasteiger partial charge in [0.05, 0.1) is 0 Å². The van der Waals surface area contributed by atoms with Crippen LogP contribution in [0.15, 0.2) is 0 Å². The maximum atomic E-state index is 10.1. The van der Waals surface area contributed by atoms with Crippen LogP contribution in [0.25, 0.3) is 0 Å². The highest BCUT2D eigenvalue weighted by Gasteiger charge is 1.86. The van der Waals surface area contributed by atoms with Gasteiger partial charge in [-0.1, -0.05) is 31.6 Å². The number of carbonyl (C=O) groups is 1. The van der Waals surface area contributed by atoms with E-state index in [0.717, 1.165) is 12.8 Å². The standard InChI is InChI=1S/C9H15NO2/c1-2-3-4-5-6-7-8-12-9(10)11/h2-5,8H2,1H3,(H2,10,11). The first-order valence-electron chi connectivity index (χ1n) is 4.15. The van der Waals surface area contributed by atoms with E-state index in [4.69, 9.17) is 5.73 Å². The van der Waals surface area contributed by atoms with Gasteiger partial charge < -0.3 is 10.5 Å². The minimum atomic E-state index is -0.766. The molecule has 0 aliphatic rings. The third kappa shape index (κ3) is 8.83. The molecule has 0 heterocycles. The molecule has 0 aromatic carbocycles. The SMILES string of the molecule is CCCCCC#CCOC(N)=O. The number of primary amides is 1. The first kappa shape index (κ1) is 10.8. The van der Waals surface area contributed by atoms with E-state index in [9.17, 15) is 4.79 Å². The number of carbonyl (C=O) groups excluding carboxylic acids is 1. The molecule has 0 radical (unpaired) electrons. The topological polar surface area (TPSA) is 52.3 Å². The number of amides is 1. The summed E-state index contributed by atoms with van der Waals surface area (Å²) in [4.78, 5) is 10.1. The van der Waals surface area contributed by atoms with Gasteiger partial charge in [-0.3, -0.25) is 0 Å². The lowest BCUT2D eigenvalue weighted by Crippen LogP contribution is -2.12. The van der Waals surface area contributed by atoms with Crippen molar-refractivity contribution in [2.45, 2.75) is 32.6 Å². The Morgan fingerprint density at radius 1 is 1.42 bits per heavy atom. The van der Waals surface area contributed by atoms with Crippen LogP contribution < -0.4 is 5.73 Å². The zero-order valence-corrected chi connectivity index (χ0v) is 7.43. The number of nitrogens with two attached hydrogens (primary N) is 1. The Morgan fingerprint density at radius 2 is 2.17 bits per heavy atom. The van der Waals surface area contributed by atoms with Gasteiger partial charge in [0.25, 0.3) is 0 Å². The lowest BCUT2D eigenvalue weighted by Gasteiger charge is -1.91. The van der Waals surface area contributed by atoms with Gasteiger partial charge in [0.2, 0.25) is 0 Å². The molecule has 0 rings (SSSR count). The summed E-state index contributed by atoms with van der Waals surface area (Å²) in [6.45, 7) is 2.26. The summed E-state index contributed by atoms with van der Waals surface area (Å²) in [5.74, 6) is 5.60. The van der Waals surface area contributed by atoms with E-state index in [-0.39, 0.29) is 6.61 Å². The first-order chi connectivity index (χ1) is 5.77. The molecule has 0 fully saturated rings. The maximum absolute atomic E-state index is 10.1. The van der Waals surface area contributed by atoms with Crippen molar-refractivity contribution in [2.75, 3.05) is 6.61 Å². The Bertz CT molecular complexity index is 179. The molecule has 1 amide bonds. The fourth-order valence-electron chi connectivity index (χ4n) is 0.710. The monoisotopic (exact) mass is 169 g/mol. The van der Waals surface area contributed by atoms with Gasteiger partial charge in [-0.25, -0.2) is 4.79 Å². The highest BCUT2D eigenvalue weighted by molar-refractivity contribution is 5.64. The molecule has 0 aromatic heterocycles. The van der Waals surface area contributed by atoms with Crippen molar-refractivity contribution in [3.05, 3.63) is 0 Å². The average molecular weight is 169 g/mol. The molecule has 0 atom stereocenters. The lowest BCUT2D eigenvalue weighted by atomic mass is 10.2. The van der Waals surface area contributed by atoms with Crippen molar-refractivity contribution in [1.82, 2.24) is 0 Å². The Hall–Kier alpha value is -1.17. The van der Waals surface area contributed by atoms with Crippen LogP contribution in [0.1, 0.15) is 32.6 Å². The lowest BCUT2D eigenvalue weighted by molar-refractivity contribution is 0.171. The van der Waals surface area contributed by atoms with Crippen molar-refractivity contribution < 1.29 is 9.53 Å². The van der Waals surface area contributed by atoms with Gasteiger partial charge in [-0.15, -0.1) is 0 Å². The van der Waals surface area contributed by atoms with E-state index in [1.807, 2.05) is 0 Å². The molecular formula is C9H15NO2. The predicted octanol–water partition coefficient (Wildman–Crippen LogP) is 1.67. The molecule has 68 valence electrons. The van der Waals surface area contributed by atoms with Gasteiger partial charge in [0.1, 0.15) is 0 Å². The zero-order chi connectivity index (χ0) is 9.23. The summed E-state index contributed by atoms with van der Waals surface area (Å²) in [5.41, 5.74) is 4.73. The summed E-state index contributed by atoms with van der Waals surface area (Å²) in [6.07, 6.45) is 3.61. The fourth-order valence-corrected chi connectivity index (χ4v) is 0.710.